The monoisotopic (exact) mass is 717 g/mol. The van der Waals surface area contributed by atoms with Crippen LogP contribution in [0.2, 0.25) is 0 Å². The molecule has 0 fully saturated rings. The normalized spacial score (nSPS) is 12.4. The van der Waals surface area contributed by atoms with Crippen molar-refractivity contribution in [2.75, 3.05) is 0 Å². The first-order valence-electron chi connectivity index (χ1n) is 19.2. The lowest BCUT2D eigenvalue weighted by molar-refractivity contribution is 0.669. The van der Waals surface area contributed by atoms with Gasteiger partial charge in [-0.2, -0.15) is 0 Å². The number of para-hydroxylation sites is 1. The second-order valence-electron chi connectivity index (χ2n) is 14.5. The molecular formula is C52H35N3O. The molecule has 3 aromatic heterocycles. The zero-order valence-electron chi connectivity index (χ0n) is 30.6. The average Bonchev–Trinajstić information content (AvgIpc) is 3.82. The van der Waals surface area contributed by atoms with Crippen molar-refractivity contribution in [3.63, 3.8) is 0 Å². The van der Waals surface area contributed by atoms with Gasteiger partial charge in [0.05, 0.1) is 16.9 Å². The third-order valence-electron chi connectivity index (χ3n) is 11.0. The maximum atomic E-state index is 6.51. The summed E-state index contributed by atoms with van der Waals surface area (Å²) in [6.07, 6.45) is 6.90. The maximum Gasteiger partial charge on any atom is 0.160 e. The van der Waals surface area contributed by atoms with Crippen LogP contribution in [0.4, 0.5) is 0 Å². The Hall–Kier alpha value is -7.30. The van der Waals surface area contributed by atoms with Crippen LogP contribution >= 0.6 is 0 Å². The van der Waals surface area contributed by atoms with Gasteiger partial charge in [-0.1, -0.05) is 133 Å². The predicted octanol–water partition coefficient (Wildman–Crippen LogP) is 12.0. The lowest BCUT2D eigenvalue weighted by atomic mass is 9.96. The van der Waals surface area contributed by atoms with Gasteiger partial charge >= 0.3 is 0 Å². The molecule has 11 rings (SSSR count). The van der Waals surface area contributed by atoms with E-state index in [1.165, 1.54) is 32.7 Å². The van der Waals surface area contributed by atoms with Crippen molar-refractivity contribution in [1.29, 1.82) is 0 Å². The highest BCUT2D eigenvalue weighted by atomic mass is 16.3. The molecule has 1 aliphatic rings. The van der Waals surface area contributed by atoms with Gasteiger partial charge in [-0.15, -0.1) is 0 Å². The Morgan fingerprint density at radius 1 is 0.446 bits per heavy atom. The summed E-state index contributed by atoms with van der Waals surface area (Å²) in [7, 11) is 0. The fourth-order valence-electron chi connectivity index (χ4n) is 8.40. The molecule has 0 bridgehead atoms. The quantitative estimate of drug-likeness (QED) is 0.172. The summed E-state index contributed by atoms with van der Waals surface area (Å²) >= 11 is 0. The van der Waals surface area contributed by atoms with Gasteiger partial charge in [0.25, 0.3) is 0 Å². The summed E-state index contributed by atoms with van der Waals surface area (Å²) < 4.78 is 8.92. The van der Waals surface area contributed by atoms with Gasteiger partial charge in [-0.05, 0) is 89.7 Å². The molecular weight excluding hydrogens is 683 g/mol. The minimum atomic E-state index is 0.687. The summed E-state index contributed by atoms with van der Waals surface area (Å²) in [6.45, 7) is 0. The van der Waals surface area contributed by atoms with Crippen molar-refractivity contribution in [3.8, 4) is 61.8 Å². The van der Waals surface area contributed by atoms with Crippen molar-refractivity contribution in [2.24, 2.45) is 0 Å². The van der Waals surface area contributed by atoms with Gasteiger partial charge in [-0.25, -0.2) is 9.97 Å². The van der Waals surface area contributed by atoms with Crippen LogP contribution < -0.4 is 10.6 Å². The molecule has 1 aliphatic carbocycles. The molecule has 7 aromatic carbocycles. The Kier molecular flexibility index (Phi) is 7.59. The SMILES string of the molecule is C1=c2c(n(-c3ccccc3)c3ccc(-c4ccc5oc6cccc(-c7cccc(-c8nc(-c9ccccc9)cc(-c9ccccc9)n8)c7)c6c5c4)cc23)=CCC1. The van der Waals surface area contributed by atoms with Crippen molar-refractivity contribution < 1.29 is 4.42 Å². The highest BCUT2D eigenvalue weighted by molar-refractivity contribution is 6.13. The Morgan fingerprint density at radius 2 is 1.07 bits per heavy atom. The fourth-order valence-corrected chi connectivity index (χ4v) is 8.40. The van der Waals surface area contributed by atoms with E-state index < -0.39 is 0 Å². The zero-order valence-corrected chi connectivity index (χ0v) is 30.6. The van der Waals surface area contributed by atoms with Crippen molar-refractivity contribution in [2.45, 2.75) is 12.8 Å². The highest BCUT2D eigenvalue weighted by Gasteiger charge is 2.17. The molecule has 264 valence electrons. The summed E-state index contributed by atoms with van der Waals surface area (Å²) in [5, 5.41) is 6.08. The number of fused-ring (bicyclic) bond motifs is 6. The van der Waals surface area contributed by atoms with Gasteiger partial charge in [0.15, 0.2) is 5.82 Å². The topological polar surface area (TPSA) is 43.9 Å². The summed E-state index contributed by atoms with van der Waals surface area (Å²) in [4.78, 5) is 10.2. The Labute approximate surface area is 324 Å². The predicted molar refractivity (Wildman–Crippen MR) is 231 cm³/mol. The van der Waals surface area contributed by atoms with E-state index in [4.69, 9.17) is 14.4 Å². The molecule has 0 radical (unpaired) electrons. The van der Waals surface area contributed by atoms with Crippen LogP contribution in [-0.4, -0.2) is 14.5 Å². The van der Waals surface area contributed by atoms with Crippen molar-refractivity contribution >= 4 is 45.0 Å². The van der Waals surface area contributed by atoms with Crippen LogP contribution in [0.25, 0.3) is 107 Å². The third kappa shape index (κ3) is 5.46. The van der Waals surface area contributed by atoms with Crippen molar-refractivity contribution in [1.82, 2.24) is 14.5 Å². The van der Waals surface area contributed by atoms with Crippen molar-refractivity contribution in [3.05, 3.63) is 186 Å². The van der Waals surface area contributed by atoms with Gasteiger partial charge < -0.3 is 8.98 Å². The number of aromatic nitrogens is 3. The van der Waals surface area contributed by atoms with E-state index in [0.717, 1.165) is 79.5 Å². The van der Waals surface area contributed by atoms with Gasteiger partial charge in [-0.3, -0.25) is 0 Å². The second-order valence-corrected chi connectivity index (χ2v) is 14.5. The molecule has 4 heteroatoms. The Balaban J connectivity index is 1.04. The number of benzene rings is 7. The molecule has 0 saturated heterocycles. The Morgan fingerprint density at radius 3 is 1.82 bits per heavy atom. The Bertz CT molecular complexity index is 3180. The van der Waals surface area contributed by atoms with E-state index in [1.54, 1.807) is 0 Å². The molecule has 0 spiro atoms. The summed E-state index contributed by atoms with van der Waals surface area (Å²) in [5.74, 6) is 0.687. The first-order valence-corrected chi connectivity index (χ1v) is 19.2. The van der Waals surface area contributed by atoms with Crippen LogP contribution in [0.1, 0.15) is 12.8 Å². The minimum Gasteiger partial charge on any atom is -0.456 e. The van der Waals surface area contributed by atoms with E-state index in [2.05, 4.69) is 156 Å². The van der Waals surface area contributed by atoms with Crippen LogP contribution in [0, 0.1) is 0 Å². The molecule has 0 amide bonds. The first kappa shape index (κ1) is 32.2. The molecule has 0 saturated carbocycles. The summed E-state index contributed by atoms with van der Waals surface area (Å²) in [6, 6.07) is 61.8. The first-order chi connectivity index (χ1) is 27.7. The molecule has 0 aliphatic heterocycles. The van der Waals surface area contributed by atoms with Crippen LogP contribution in [0.15, 0.2) is 180 Å². The van der Waals surface area contributed by atoms with Crippen LogP contribution in [-0.2, 0) is 0 Å². The lowest BCUT2D eigenvalue weighted by Crippen LogP contribution is -2.30. The van der Waals surface area contributed by atoms with E-state index in [0.29, 0.717) is 5.82 Å². The van der Waals surface area contributed by atoms with E-state index >= 15 is 0 Å². The van der Waals surface area contributed by atoms with E-state index in [1.807, 2.05) is 36.4 Å². The van der Waals surface area contributed by atoms with Crippen LogP contribution in [0.3, 0.4) is 0 Å². The average molecular weight is 718 g/mol. The standard InChI is InChI=1S/C52H35N3O/c1-4-14-34(15-5-1)45-33-46(35-16-6-2-7-17-35)54-52(53-45)39-19-12-18-38(30-39)41-23-13-25-50-51(41)44-32-37(27-29-49(44)56-50)36-26-28-48-43(31-36)42-22-10-11-24-47(42)55(48)40-20-8-3-9-21-40/h1-9,12-33H,10-11H2. The lowest BCUT2D eigenvalue weighted by Gasteiger charge is -2.11. The molecule has 10 aromatic rings. The molecule has 0 N–H and O–H groups in total. The largest absolute Gasteiger partial charge is 0.456 e. The maximum absolute atomic E-state index is 6.51. The molecule has 3 heterocycles. The van der Waals surface area contributed by atoms with Crippen LogP contribution in [0.5, 0.6) is 0 Å². The molecule has 0 atom stereocenters. The van der Waals surface area contributed by atoms with Gasteiger partial charge in [0.2, 0.25) is 0 Å². The fraction of sp³-hybridized carbons (Fsp3) is 0.0385. The number of furan rings is 1. The highest BCUT2D eigenvalue weighted by Crippen LogP contribution is 2.40. The smallest absolute Gasteiger partial charge is 0.160 e. The summed E-state index contributed by atoms with van der Waals surface area (Å²) in [5.41, 5.74) is 13.5. The number of nitrogens with zero attached hydrogens (tertiary/aromatic N) is 3. The minimum absolute atomic E-state index is 0.687. The molecule has 4 nitrogen and oxygen atoms in total. The number of hydrogen-bond acceptors (Lipinski definition) is 3. The number of rotatable bonds is 6. The third-order valence-corrected chi connectivity index (χ3v) is 11.0. The van der Waals surface area contributed by atoms with Gasteiger partial charge in [0, 0.05) is 49.1 Å². The molecule has 0 unspecified atom stereocenters. The second kappa shape index (κ2) is 13.2. The number of hydrogen-bond donors (Lipinski definition) is 0. The van der Waals surface area contributed by atoms with E-state index in [9.17, 15) is 0 Å². The van der Waals surface area contributed by atoms with Gasteiger partial charge in [0.1, 0.15) is 11.2 Å². The molecule has 56 heavy (non-hydrogen) atoms. The zero-order chi connectivity index (χ0) is 37.0. The van der Waals surface area contributed by atoms with E-state index in [-0.39, 0.29) is 0 Å².